The van der Waals surface area contributed by atoms with Gasteiger partial charge >= 0.3 is 5.97 Å². The standard InChI is InChI=1S/C15H22O3/c1-15(2,3)14(17)18-13-6-4-5-10-7-8-11(16)9-12(10)13/h9-10,13H,4-8H2,1-3H3/t10-,13-/m1/s1. The molecule has 0 N–H and O–H groups in total. The molecular weight excluding hydrogens is 228 g/mol. The number of rotatable bonds is 1. The van der Waals surface area contributed by atoms with Crippen molar-refractivity contribution in [3.63, 3.8) is 0 Å². The van der Waals surface area contributed by atoms with Crippen LogP contribution in [-0.2, 0) is 14.3 Å². The molecule has 0 unspecified atom stereocenters. The Labute approximate surface area is 109 Å². The Morgan fingerprint density at radius 2 is 2.00 bits per heavy atom. The molecule has 3 heteroatoms. The van der Waals surface area contributed by atoms with Crippen molar-refractivity contribution in [3.05, 3.63) is 11.6 Å². The van der Waals surface area contributed by atoms with Gasteiger partial charge in [0.05, 0.1) is 5.41 Å². The lowest BCUT2D eigenvalue weighted by Crippen LogP contribution is -2.35. The molecule has 0 radical (unpaired) electrons. The molecule has 0 aromatic heterocycles. The minimum absolute atomic E-state index is 0.167. The van der Waals surface area contributed by atoms with Crippen molar-refractivity contribution >= 4 is 11.8 Å². The zero-order chi connectivity index (χ0) is 13.3. The molecule has 2 rings (SSSR count). The maximum atomic E-state index is 12.0. The number of esters is 1. The molecule has 100 valence electrons. The predicted molar refractivity (Wildman–Crippen MR) is 69.0 cm³/mol. The van der Waals surface area contributed by atoms with Gasteiger partial charge in [-0.2, -0.15) is 0 Å². The Hall–Kier alpha value is -1.12. The highest BCUT2D eigenvalue weighted by atomic mass is 16.5. The fourth-order valence-electron chi connectivity index (χ4n) is 2.68. The highest BCUT2D eigenvalue weighted by Gasteiger charge is 2.35. The maximum Gasteiger partial charge on any atom is 0.311 e. The summed E-state index contributed by atoms with van der Waals surface area (Å²) in [5.74, 6) is 0.459. The van der Waals surface area contributed by atoms with Gasteiger partial charge in [-0.15, -0.1) is 0 Å². The lowest BCUT2D eigenvalue weighted by atomic mass is 9.76. The van der Waals surface area contributed by atoms with Crippen molar-refractivity contribution in [2.24, 2.45) is 11.3 Å². The zero-order valence-electron chi connectivity index (χ0n) is 11.5. The Bertz CT molecular complexity index is 387. The highest BCUT2D eigenvalue weighted by molar-refractivity contribution is 5.91. The second-order valence-corrected chi connectivity index (χ2v) is 6.42. The third-order valence-electron chi connectivity index (χ3n) is 3.79. The van der Waals surface area contributed by atoms with Crippen LogP contribution < -0.4 is 0 Å². The Morgan fingerprint density at radius 1 is 1.28 bits per heavy atom. The summed E-state index contributed by atoms with van der Waals surface area (Å²) in [7, 11) is 0. The van der Waals surface area contributed by atoms with Crippen molar-refractivity contribution in [1.82, 2.24) is 0 Å². The number of hydrogen-bond acceptors (Lipinski definition) is 3. The van der Waals surface area contributed by atoms with Gasteiger partial charge in [-0.25, -0.2) is 0 Å². The van der Waals surface area contributed by atoms with E-state index in [9.17, 15) is 9.59 Å². The molecule has 2 atom stereocenters. The molecule has 0 heterocycles. The fraction of sp³-hybridized carbons (Fsp3) is 0.733. The molecule has 0 bridgehead atoms. The molecular formula is C15H22O3. The van der Waals surface area contributed by atoms with E-state index in [-0.39, 0.29) is 17.9 Å². The highest BCUT2D eigenvalue weighted by Crippen LogP contribution is 2.38. The summed E-state index contributed by atoms with van der Waals surface area (Å²) in [5, 5.41) is 0. The van der Waals surface area contributed by atoms with Crippen LogP contribution in [0.2, 0.25) is 0 Å². The van der Waals surface area contributed by atoms with E-state index in [1.807, 2.05) is 20.8 Å². The van der Waals surface area contributed by atoms with E-state index >= 15 is 0 Å². The van der Waals surface area contributed by atoms with Gasteiger partial charge in [0.2, 0.25) is 0 Å². The summed E-state index contributed by atoms with van der Waals surface area (Å²) in [6, 6.07) is 0. The molecule has 2 aliphatic rings. The van der Waals surface area contributed by atoms with Crippen LogP contribution in [-0.4, -0.2) is 17.9 Å². The van der Waals surface area contributed by atoms with Gasteiger partial charge in [0, 0.05) is 6.42 Å². The van der Waals surface area contributed by atoms with Gasteiger partial charge in [0.1, 0.15) is 6.10 Å². The average molecular weight is 250 g/mol. The first-order valence-electron chi connectivity index (χ1n) is 6.83. The second kappa shape index (κ2) is 4.87. The molecule has 0 aliphatic heterocycles. The third kappa shape index (κ3) is 2.82. The van der Waals surface area contributed by atoms with Gasteiger partial charge in [0.25, 0.3) is 0 Å². The van der Waals surface area contributed by atoms with Gasteiger partial charge in [-0.05, 0) is 64.0 Å². The van der Waals surface area contributed by atoms with Crippen LogP contribution in [0, 0.1) is 11.3 Å². The quantitative estimate of drug-likeness (QED) is 0.672. The zero-order valence-corrected chi connectivity index (χ0v) is 11.5. The lowest BCUT2D eigenvalue weighted by molar-refractivity contribution is -0.158. The average Bonchev–Trinajstić information content (AvgIpc) is 2.28. The molecule has 3 nitrogen and oxygen atoms in total. The van der Waals surface area contributed by atoms with E-state index in [4.69, 9.17) is 4.74 Å². The van der Waals surface area contributed by atoms with Crippen LogP contribution in [0.3, 0.4) is 0 Å². The minimum atomic E-state index is -0.480. The summed E-state index contributed by atoms with van der Waals surface area (Å²) in [6.07, 6.45) is 6.20. The molecule has 1 fully saturated rings. The number of ether oxygens (including phenoxy) is 1. The third-order valence-corrected chi connectivity index (χ3v) is 3.79. The first-order chi connectivity index (χ1) is 8.38. The maximum absolute atomic E-state index is 12.0. The van der Waals surface area contributed by atoms with Crippen molar-refractivity contribution < 1.29 is 14.3 Å². The Balaban J connectivity index is 2.12. The van der Waals surface area contributed by atoms with Crippen LogP contribution in [0.4, 0.5) is 0 Å². The van der Waals surface area contributed by atoms with Crippen LogP contribution >= 0.6 is 0 Å². The van der Waals surface area contributed by atoms with Crippen LogP contribution in [0.5, 0.6) is 0 Å². The summed E-state index contributed by atoms with van der Waals surface area (Å²) >= 11 is 0. The Kier molecular flexibility index (Phi) is 3.60. The normalized spacial score (nSPS) is 28.4. The van der Waals surface area contributed by atoms with Gasteiger partial charge in [0.15, 0.2) is 5.78 Å². The largest absolute Gasteiger partial charge is 0.457 e. The van der Waals surface area contributed by atoms with E-state index in [1.165, 1.54) is 0 Å². The van der Waals surface area contributed by atoms with Crippen LogP contribution in [0.1, 0.15) is 52.9 Å². The SMILES string of the molecule is CC(C)(C)C(=O)O[C@@H]1CCC[C@@H]2CCC(=O)C=C21. The number of hydrogen-bond donors (Lipinski definition) is 0. The van der Waals surface area contributed by atoms with E-state index < -0.39 is 5.41 Å². The summed E-state index contributed by atoms with van der Waals surface area (Å²) in [6.45, 7) is 5.57. The van der Waals surface area contributed by atoms with E-state index in [1.54, 1.807) is 6.08 Å². The molecule has 0 aromatic rings. The van der Waals surface area contributed by atoms with Crippen molar-refractivity contribution in [1.29, 1.82) is 0 Å². The molecule has 0 aromatic carbocycles. The van der Waals surface area contributed by atoms with Crippen molar-refractivity contribution in [3.8, 4) is 0 Å². The molecule has 0 spiro atoms. The monoisotopic (exact) mass is 250 g/mol. The lowest BCUT2D eigenvalue weighted by Gasteiger charge is -2.35. The number of carbonyl (C=O) groups excluding carboxylic acids is 2. The van der Waals surface area contributed by atoms with Crippen LogP contribution in [0.15, 0.2) is 11.6 Å². The second-order valence-electron chi connectivity index (χ2n) is 6.42. The summed E-state index contributed by atoms with van der Waals surface area (Å²) in [4.78, 5) is 23.5. The molecule has 2 aliphatic carbocycles. The van der Waals surface area contributed by atoms with Crippen molar-refractivity contribution in [2.75, 3.05) is 0 Å². The number of carbonyl (C=O) groups is 2. The number of ketones is 1. The minimum Gasteiger partial charge on any atom is -0.457 e. The van der Waals surface area contributed by atoms with Gasteiger partial charge in [-0.1, -0.05) is 0 Å². The number of fused-ring (bicyclic) bond motifs is 1. The van der Waals surface area contributed by atoms with Crippen molar-refractivity contribution in [2.45, 2.75) is 59.0 Å². The predicted octanol–water partition coefficient (Wildman–Crippen LogP) is 3.03. The van der Waals surface area contributed by atoms with E-state index in [0.717, 1.165) is 31.3 Å². The smallest absolute Gasteiger partial charge is 0.311 e. The van der Waals surface area contributed by atoms with Crippen LogP contribution in [0.25, 0.3) is 0 Å². The first kappa shape index (κ1) is 13.3. The fourth-order valence-corrected chi connectivity index (χ4v) is 2.68. The number of allylic oxidation sites excluding steroid dienone is 1. The topological polar surface area (TPSA) is 43.4 Å². The van der Waals surface area contributed by atoms with E-state index in [0.29, 0.717) is 12.3 Å². The summed E-state index contributed by atoms with van der Waals surface area (Å²) < 4.78 is 5.61. The molecule has 1 saturated carbocycles. The summed E-state index contributed by atoms with van der Waals surface area (Å²) in [5.41, 5.74) is 0.585. The van der Waals surface area contributed by atoms with Gasteiger partial charge in [-0.3, -0.25) is 9.59 Å². The Morgan fingerprint density at radius 3 is 2.67 bits per heavy atom. The molecule has 18 heavy (non-hydrogen) atoms. The molecule has 0 saturated heterocycles. The first-order valence-corrected chi connectivity index (χ1v) is 6.83. The molecule has 0 amide bonds. The van der Waals surface area contributed by atoms with Gasteiger partial charge < -0.3 is 4.74 Å². The van der Waals surface area contributed by atoms with E-state index in [2.05, 4.69) is 0 Å².